The topological polar surface area (TPSA) is 48.5 Å². The summed E-state index contributed by atoms with van der Waals surface area (Å²) in [5, 5.41) is 3.42. The monoisotopic (exact) mass is 316 g/mol. The van der Waals surface area contributed by atoms with Gasteiger partial charge in [0.1, 0.15) is 6.04 Å². The summed E-state index contributed by atoms with van der Waals surface area (Å²) in [7, 11) is 0. The van der Waals surface area contributed by atoms with Crippen molar-refractivity contribution in [3.63, 3.8) is 0 Å². The maximum Gasteiger partial charge on any atom is 0.244 e. The minimum atomic E-state index is -0.180. The molecule has 1 aromatic rings. The molecule has 3 atom stereocenters. The Bertz CT molecular complexity index is 521. The summed E-state index contributed by atoms with van der Waals surface area (Å²) >= 11 is 0. The fourth-order valence-electron chi connectivity index (χ4n) is 3.82. The lowest BCUT2D eigenvalue weighted by Crippen LogP contribution is -2.55. The molecule has 3 rings (SSSR count). The van der Waals surface area contributed by atoms with Crippen LogP contribution in [0.5, 0.6) is 0 Å². The number of nitrogens with zero attached hydrogens (tertiary/aromatic N) is 3. The lowest BCUT2D eigenvalue weighted by Gasteiger charge is -2.42. The molecule has 2 aliphatic heterocycles. The maximum atomic E-state index is 13.3. The largest absolute Gasteiger partial charge is 0.341 e. The Hall–Kier alpha value is -1.46. The van der Waals surface area contributed by atoms with E-state index in [1.54, 1.807) is 12.4 Å². The van der Waals surface area contributed by atoms with Crippen LogP contribution in [0.25, 0.3) is 0 Å². The highest BCUT2D eigenvalue weighted by Crippen LogP contribution is 2.28. The lowest BCUT2D eigenvalue weighted by molar-refractivity contribution is -0.140. The fraction of sp³-hybridized carbons (Fsp3) is 0.667. The number of rotatable bonds is 3. The van der Waals surface area contributed by atoms with Crippen LogP contribution in [-0.2, 0) is 4.79 Å². The van der Waals surface area contributed by atoms with E-state index >= 15 is 0 Å². The van der Waals surface area contributed by atoms with Crippen molar-refractivity contribution in [2.24, 2.45) is 5.92 Å². The average molecular weight is 316 g/mol. The summed E-state index contributed by atoms with van der Waals surface area (Å²) in [5.74, 6) is 0.864. The first kappa shape index (κ1) is 16.4. The molecule has 5 heteroatoms. The Balaban J connectivity index is 1.86. The molecule has 0 radical (unpaired) electrons. The Morgan fingerprint density at radius 3 is 2.78 bits per heavy atom. The van der Waals surface area contributed by atoms with E-state index in [1.807, 2.05) is 12.1 Å². The van der Waals surface area contributed by atoms with E-state index in [1.165, 1.54) is 6.42 Å². The second-order valence-electron chi connectivity index (χ2n) is 7.01. The van der Waals surface area contributed by atoms with Gasteiger partial charge in [-0.1, -0.05) is 6.92 Å². The highest BCUT2D eigenvalue weighted by Gasteiger charge is 2.36. The summed E-state index contributed by atoms with van der Waals surface area (Å²) in [6, 6.07) is 4.16. The van der Waals surface area contributed by atoms with E-state index in [-0.39, 0.29) is 11.9 Å². The van der Waals surface area contributed by atoms with E-state index in [9.17, 15) is 4.79 Å². The number of pyridine rings is 1. The van der Waals surface area contributed by atoms with E-state index in [0.29, 0.717) is 12.0 Å². The summed E-state index contributed by atoms with van der Waals surface area (Å²) in [6.45, 7) is 9.01. The van der Waals surface area contributed by atoms with Gasteiger partial charge in [-0.15, -0.1) is 0 Å². The van der Waals surface area contributed by atoms with Crippen molar-refractivity contribution < 1.29 is 4.79 Å². The number of piperidine rings is 1. The van der Waals surface area contributed by atoms with Gasteiger partial charge in [-0.2, -0.15) is 0 Å². The van der Waals surface area contributed by atoms with E-state index in [4.69, 9.17) is 0 Å². The van der Waals surface area contributed by atoms with E-state index in [2.05, 4.69) is 33.9 Å². The summed E-state index contributed by atoms with van der Waals surface area (Å²) in [5.41, 5.74) is 1.07. The lowest BCUT2D eigenvalue weighted by atomic mass is 9.97. The third-order valence-corrected chi connectivity index (χ3v) is 5.11. The van der Waals surface area contributed by atoms with Crippen molar-refractivity contribution in [1.82, 2.24) is 20.1 Å². The van der Waals surface area contributed by atoms with Gasteiger partial charge in [-0.25, -0.2) is 0 Å². The third-order valence-electron chi connectivity index (χ3n) is 5.11. The predicted octanol–water partition coefficient (Wildman–Crippen LogP) is 1.67. The molecular formula is C18H28N4O. The van der Waals surface area contributed by atoms with Gasteiger partial charge in [0.2, 0.25) is 5.91 Å². The van der Waals surface area contributed by atoms with Crippen LogP contribution in [0.1, 0.15) is 38.3 Å². The molecule has 1 N–H and O–H groups in total. The first-order valence-electron chi connectivity index (χ1n) is 8.82. The minimum Gasteiger partial charge on any atom is -0.341 e. The summed E-state index contributed by atoms with van der Waals surface area (Å²) in [6.07, 6.45) is 5.93. The molecule has 1 amide bonds. The van der Waals surface area contributed by atoms with Gasteiger partial charge in [0, 0.05) is 51.2 Å². The summed E-state index contributed by atoms with van der Waals surface area (Å²) in [4.78, 5) is 21.9. The molecule has 126 valence electrons. The Morgan fingerprint density at radius 2 is 2.09 bits per heavy atom. The van der Waals surface area contributed by atoms with Crippen LogP contribution in [0.3, 0.4) is 0 Å². The molecule has 3 heterocycles. The van der Waals surface area contributed by atoms with Gasteiger partial charge in [0.05, 0.1) is 0 Å². The van der Waals surface area contributed by atoms with Crippen LogP contribution in [0.15, 0.2) is 24.5 Å². The van der Waals surface area contributed by atoms with Crippen molar-refractivity contribution >= 4 is 5.91 Å². The predicted molar refractivity (Wildman–Crippen MR) is 91.0 cm³/mol. The maximum absolute atomic E-state index is 13.3. The number of nitrogens with one attached hydrogen (secondary N) is 1. The zero-order valence-corrected chi connectivity index (χ0v) is 14.2. The number of likely N-dealkylation sites (tertiary alicyclic amines) is 1. The number of carbonyl (C=O) groups excluding carboxylic acids is 1. The normalized spacial score (nSPS) is 27.7. The number of piperazine rings is 1. The average Bonchev–Trinajstić information content (AvgIpc) is 2.58. The van der Waals surface area contributed by atoms with Crippen molar-refractivity contribution in [2.75, 3.05) is 32.7 Å². The zero-order valence-electron chi connectivity index (χ0n) is 14.2. The van der Waals surface area contributed by atoms with Crippen LogP contribution in [0.4, 0.5) is 0 Å². The number of hydrogen-bond acceptors (Lipinski definition) is 4. The quantitative estimate of drug-likeness (QED) is 0.922. The zero-order chi connectivity index (χ0) is 16.2. The van der Waals surface area contributed by atoms with Crippen molar-refractivity contribution in [2.45, 2.75) is 38.8 Å². The van der Waals surface area contributed by atoms with Gasteiger partial charge >= 0.3 is 0 Å². The fourth-order valence-corrected chi connectivity index (χ4v) is 3.82. The molecule has 0 aliphatic carbocycles. The van der Waals surface area contributed by atoms with E-state index in [0.717, 1.165) is 44.7 Å². The van der Waals surface area contributed by atoms with Crippen molar-refractivity contribution in [1.29, 1.82) is 0 Å². The number of hydrogen-bond donors (Lipinski definition) is 1. The number of aromatic nitrogens is 1. The Kier molecular flexibility index (Phi) is 5.28. The Morgan fingerprint density at radius 1 is 1.30 bits per heavy atom. The minimum absolute atomic E-state index is 0.180. The smallest absolute Gasteiger partial charge is 0.244 e. The summed E-state index contributed by atoms with van der Waals surface area (Å²) < 4.78 is 0. The number of carbonyl (C=O) groups is 1. The molecule has 2 saturated heterocycles. The molecule has 23 heavy (non-hydrogen) atoms. The van der Waals surface area contributed by atoms with Gasteiger partial charge in [-0.3, -0.25) is 14.7 Å². The first-order valence-corrected chi connectivity index (χ1v) is 8.82. The highest BCUT2D eigenvalue weighted by atomic mass is 16.2. The standard InChI is InChI=1S/C18H28N4O/c1-14-4-3-10-21(13-14)18(23)17(16-5-7-19-8-6-16)22-11-9-20-12-15(22)2/h5-8,14-15,17,20H,3-4,9-13H2,1-2H3. The number of amides is 1. The molecular weight excluding hydrogens is 288 g/mol. The van der Waals surface area contributed by atoms with Gasteiger partial charge in [0.25, 0.3) is 0 Å². The van der Waals surface area contributed by atoms with Crippen molar-refractivity contribution in [3.8, 4) is 0 Å². The van der Waals surface area contributed by atoms with Gasteiger partial charge in [0.15, 0.2) is 0 Å². The van der Waals surface area contributed by atoms with Gasteiger partial charge in [-0.05, 0) is 43.4 Å². The molecule has 5 nitrogen and oxygen atoms in total. The van der Waals surface area contributed by atoms with Gasteiger partial charge < -0.3 is 10.2 Å². The molecule has 2 aliphatic rings. The third kappa shape index (κ3) is 3.72. The molecule has 1 aromatic heterocycles. The Labute approximate surface area is 139 Å². The SMILES string of the molecule is CC1CCCN(C(=O)C(c2ccncc2)N2CCNCC2C)C1. The second kappa shape index (κ2) is 7.41. The first-order chi connectivity index (χ1) is 11.2. The molecule has 0 bridgehead atoms. The molecule has 0 saturated carbocycles. The van der Waals surface area contributed by atoms with Crippen LogP contribution in [0.2, 0.25) is 0 Å². The van der Waals surface area contributed by atoms with Crippen LogP contribution in [-0.4, -0.2) is 59.5 Å². The van der Waals surface area contributed by atoms with E-state index < -0.39 is 0 Å². The molecule has 2 fully saturated rings. The highest BCUT2D eigenvalue weighted by molar-refractivity contribution is 5.83. The van der Waals surface area contributed by atoms with Crippen LogP contribution in [0, 0.1) is 5.92 Å². The molecule has 3 unspecified atom stereocenters. The second-order valence-corrected chi connectivity index (χ2v) is 7.01. The molecule has 0 spiro atoms. The van der Waals surface area contributed by atoms with Crippen LogP contribution >= 0.6 is 0 Å². The van der Waals surface area contributed by atoms with Crippen molar-refractivity contribution in [3.05, 3.63) is 30.1 Å². The molecule has 0 aromatic carbocycles. The van der Waals surface area contributed by atoms with Crippen LogP contribution < -0.4 is 5.32 Å².